The maximum Gasteiger partial charge on any atom is 0.387 e. The third-order valence-electron chi connectivity index (χ3n) is 8.35. The fourth-order valence-electron chi connectivity index (χ4n) is 5.53. The Morgan fingerprint density at radius 2 is 1.65 bits per heavy atom. The molecular formula is C35H30Cl2F2N4O8S. The lowest BCUT2D eigenvalue weighted by molar-refractivity contribution is -0.149. The van der Waals surface area contributed by atoms with Crippen molar-refractivity contribution in [3.8, 4) is 11.5 Å². The standard InChI is InChI=1S/C35H30Cl2F2N4O8S/c1-52(47,48)43(17-20-8-10-40-11-9-20)23-5-6-24-25(13-23)34(46)42(33(24)45)18-32(44)50-30(14-26-27(36)15-41-16-28(26)37)22-4-7-29(51-35(38)39)31(12-22)49-19-21-2-3-21/h4-13,15-16,21,30,35H,2-3,14,17-19H2,1H3/t30-/m0/s1. The van der Waals surface area contributed by atoms with Crippen molar-refractivity contribution in [1.29, 1.82) is 0 Å². The van der Waals surface area contributed by atoms with Crippen LogP contribution in [0.15, 0.2) is 73.3 Å². The van der Waals surface area contributed by atoms with E-state index in [0.29, 0.717) is 21.6 Å². The minimum Gasteiger partial charge on any atom is -0.489 e. The molecule has 2 aromatic carbocycles. The first-order valence-electron chi connectivity index (χ1n) is 15.8. The topological polar surface area (TPSA) is 145 Å². The molecule has 0 N–H and O–H groups in total. The molecule has 0 unspecified atom stereocenters. The zero-order chi connectivity index (χ0) is 37.2. The van der Waals surface area contributed by atoms with Crippen molar-refractivity contribution in [2.75, 3.05) is 23.7 Å². The molecular weight excluding hydrogens is 745 g/mol. The van der Waals surface area contributed by atoms with Crippen LogP contribution in [0.1, 0.15) is 56.4 Å². The highest BCUT2D eigenvalue weighted by atomic mass is 35.5. The first-order chi connectivity index (χ1) is 24.8. The molecule has 1 atom stereocenters. The van der Waals surface area contributed by atoms with Gasteiger partial charge in [-0.05, 0) is 77.9 Å². The highest BCUT2D eigenvalue weighted by Crippen LogP contribution is 2.38. The predicted octanol–water partition coefficient (Wildman–Crippen LogP) is 6.26. The highest BCUT2D eigenvalue weighted by Gasteiger charge is 2.38. The lowest BCUT2D eigenvalue weighted by atomic mass is 10.0. The second-order valence-electron chi connectivity index (χ2n) is 12.2. The maximum absolute atomic E-state index is 13.6. The van der Waals surface area contributed by atoms with E-state index in [4.69, 9.17) is 32.7 Å². The molecule has 2 amide bonds. The minimum absolute atomic E-state index is 0.000826. The molecule has 0 spiro atoms. The van der Waals surface area contributed by atoms with Crippen molar-refractivity contribution >= 4 is 56.7 Å². The second kappa shape index (κ2) is 15.4. The summed E-state index contributed by atoms with van der Waals surface area (Å²) in [6.45, 7) is -3.72. The van der Waals surface area contributed by atoms with Crippen molar-refractivity contribution in [2.45, 2.75) is 38.5 Å². The number of nitrogens with zero attached hydrogens (tertiary/aromatic N) is 4. The predicted molar refractivity (Wildman–Crippen MR) is 185 cm³/mol. The van der Waals surface area contributed by atoms with Crippen molar-refractivity contribution in [2.24, 2.45) is 5.92 Å². The number of amides is 2. The number of pyridine rings is 2. The number of imide groups is 1. The summed E-state index contributed by atoms with van der Waals surface area (Å²) < 4.78 is 69.3. The first-order valence-corrected chi connectivity index (χ1v) is 18.4. The van der Waals surface area contributed by atoms with E-state index >= 15 is 0 Å². The average molecular weight is 776 g/mol. The molecule has 12 nitrogen and oxygen atoms in total. The molecule has 0 saturated heterocycles. The van der Waals surface area contributed by atoms with Crippen LogP contribution in [0.5, 0.6) is 11.5 Å². The lowest BCUT2D eigenvalue weighted by Crippen LogP contribution is -2.36. The summed E-state index contributed by atoms with van der Waals surface area (Å²) in [5.41, 5.74) is 1.30. The molecule has 1 fully saturated rings. The van der Waals surface area contributed by atoms with Crippen LogP contribution in [-0.4, -0.2) is 67.1 Å². The molecule has 6 rings (SSSR count). The van der Waals surface area contributed by atoms with Crippen molar-refractivity contribution in [3.05, 3.63) is 111 Å². The number of fused-ring (bicyclic) bond motifs is 1. The Kier molecular flexibility index (Phi) is 10.9. The third-order valence-corrected chi connectivity index (χ3v) is 10.1. The SMILES string of the molecule is CS(=O)(=O)N(Cc1ccncc1)c1ccc2c(c1)C(=O)N(CC(=O)O[C@@H](Cc1c(Cl)cncc1Cl)c1ccc(OC(F)F)c(OCC3CC3)c1)C2=O. The Labute approximate surface area is 307 Å². The maximum atomic E-state index is 13.6. The fraction of sp³-hybridized carbons (Fsp3) is 0.286. The van der Waals surface area contributed by atoms with Crippen molar-refractivity contribution < 1.29 is 45.8 Å². The summed E-state index contributed by atoms with van der Waals surface area (Å²) in [6, 6.07) is 11.4. The van der Waals surface area contributed by atoms with Crippen LogP contribution in [0.25, 0.3) is 0 Å². The van der Waals surface area contributed by atoms with E-state index in [1.807, 2.05) is 0 Å². The van der Waals surface area contributed by atoms with E-state index in [-0.39, 0.29) is 63.8 Å². The van der Waals surface area contributed by atoms with Gasteiger partial charge in [-0.25, -0.2) is 8.42 Å². The number of halogens is 4. The van der Waals surface area contributed by atoms with E-state index in [2.05, 4.69) is 14.7 Å². The monoisotopic (exact) mass is 774 g/mol. The van der Waals surface area contributed by atoms with E-state index in [9.17, 15) is 31.6 Å². The van der Waals surface area contributed by atoms with Crippen LogP contribution in [-0.2, 0) is 32.5 Å². The average Bonchev–Trinajstić information content (AvgIpc) is 3.90. The summed E-state index contributed by atoms with van der Waals surface area (Å²) in [6.07, 6.45) is 7.35. The normalized spacial score (nSPS) is 14.7. The van der Waals surface area contributed by atoms with Gasteiger partial charge in [-0.15, -0.1) is 0 Å². The number of anilines is 1. The number of sulfonamides is 1. The Bertz CT molecular complexity index is 2100. The van der Waals surface area contributed by atoms with Gasteiger partial charge in [-0.3, -0.25) is 33.6 Å². The van der Waals surface area contributed by atoms with Gasteiger partial charge in [0.15, 0.2) is 11.5 Å². The summed E-state index contributed by atoms with van der Waals surface area (Å²) >= 11 is 12.8. The van der Waals surface area contributed by atoms with Gasteiger partial charge in [0.1, 0.15) is 12.6 Å². The minimum atomic E-state index is -3.83. The first kappa shape index (κ1) is 36.9. The number of hydrogen-bond acceptors (Lipinski definition) is 10. The van der Waals surface area contributed by atoms with Gasteiger partial charge in [0, 0.05) is 31.2 Å². The summed E-state index contributed by atoms with van der Waals surface area (Å²) in [4.78, 5) is 49.0. The second-order valence-corrected chi connectivity index (χ2v) is 14.9. The number of hydrogen-bond donors (Lipinski definition) is 0. The zero-order valence-corrected chi connectivity index (χ0v) is 29.7. The van der Waals surface area contributed by atoms with Gasteiger partial charge in [0.2, 0.25) is 10.0 Å². The van der Waals surface area contributed by atoms with Crippen LogP contribution in [0.4, 0.5) is 14.5 Å². The van der Waals surface area contributed by atoms with E-state index in [1.54, 1.807) is 12.1 Å². The molecule has 2 aromatic heterocycles. The number of esters is 1. The molecule has 0 bridgehead atoms. The molecule has 2 aliphatic rings. The molecule has 4 aromatic rings. The van der Waals surface area contributed by atoms with Gasteiger partial charge in [-0.2, -0.15) is 8.78 Å². The van der Waals surface area contributed by atoms with Crippen molar-refractivity contribution in [3.63, 3.8) is 0 Å². The number of ether oxygens (including phenoxy) is 3. The van der Waals surface area contributed by atoms with Gasteiger partial charge in [-0.1, -0.05) is 29.3 Å². The summed E-state index contributed by atoms with van der Waals surface area (Å²) in [7, 11) is -3.83. The van der Waals surface area contributed by atoms with Crippen LogP contribution in [0, 0.1) is 5.92 Å². The van der Waals surface area contributed by atoms with Gasteiger partial charge in [0.05, 0.1) is 46.3 Å². The molecule has 272 valence electrons. The summed E-state index contributed by atoms with van der Waals surface area (Å²) in [5.74, 6) is -2.56. The van der Waals surface area contributed by atoms with Crippen molar-refractivity contribution in [1.82, 2.24) is 14.9 Å². The zero-order valence-electron chi connectivity index (χ0n) is 27.4. The number of carbonyl (C=O) groups excluding carboxylic acids is 3. The largest absolute Gasteiger partial charge is 0.489 e. The summed E-state index contributed by atoms with van der Waals surface area (Å²) in [5, 5.41) is 0.333. The molecule has 1 aliphatic heterocycles. The number of carbonyl (C=O) groups is 3. The number of benzene rings is 2. The Balaban J connectivity index is 1.25. The number of alkyl halides is 2. The van der Waals surface area contributed by atoms with Crippen LogP contribution in [0.2, 0.25) is 10.0 Å². The van der Waals surface area contributed by atoms with Crippen LogP contribution >= 0.6 is 23.2 Å². The Hall–Kier alpha value is -4.86. The fourth-order valence-corrected chi connectivity index (χ4v) is 6.92. The smallest absolute Gasteiger partial charge is 0.387 e. The molecule has 1 saturated carbocycles. The molecule has 1 aliphatic carbocycles. The molecule has 52 heavy (non-hydrogen) atoms. The van der Waals surface area contributed by atoms with Gasteiger partial charge >= 0.3 is 12.6 Å². The van der Waals surface area contributed by atoms with Crippen LogP contribution < -0.4 is 13.8 Å². The number of rotatable bonds is 15. The van der Waals surface area contributed by atoms with E-state index < -0.39 is 47.1 Å². The number of aromatic nitrogens is 2. The van der Waals surface area contributed by atoms with Gasteiger partial charge < -0.3 is 14.2 Å². The van der Waals surface area contributed by atoms with Crippen LogP contribution in [0.3, 0.4) is 0 Å². The molecule has 3 heterocycles. The highest BCUT2D eigenvalue weighted by molar-refractivity contribution is 7.92. The van der Waals surface area contributed by atoms with E-state index in [0.717, 1.165) is 23.4 Å². The van der Waals surface area contributed by atoms with Gasteiger partial charge in [0.25, 0.3) is 11.8 Å². The Morgan fingerprint density at radius 3 is 2.31 bits per heavy atom. The van der Waals surface area contributed by atoms with E-state index in [1.165, 1.54) is 61.2 Å². The molecule has 17 heteroatoms. The lowest BCUT2D eigenvalue weighted by Gasteiger charge is -2.23. The quantitative estimate of drug-likeness (QED) is 0.100. The third kappa shape index (κ3) is 8.60. The Morgan fingerprint density at radius 1 is 0.962 bits per heavy atom. The molecule has 0 radical (unpaired) electrons.